The number of nitrogens with zero attached hydrogens (tertiary/aromatic N) is 1. The van der Waals surface area contributed by atoms with Crippen LogP contribution in [0.5, 0.6) is 5.75 Å². The number of urea groups is 1. The highest BCUT2D eigenvalue weighted by molar-refractivity contribution is 7.80. The Balaban J connectivity index is 1.76. The van der Waals surface area contributed by atoms with Gasteiger partial charge in [0.05, 0.1) is 7.11 Å². The second-order valence-corrected chi connectivity index (χ2v) is 6.85. The first-order valence-corrected chi connectivity index (χ1v) is 8.76. The van der Waals surface area contributed by atoms with E-state index < -0.39 is 17.5 Å². The summed E-state index contributed by atoms with van der Waals surface area (Å²) in [5.74, 6) is 0.0938. The van der Waals surface area contributed by atoms with Crippen LogP contribution in [0.15, 0.2) is 48.5 Å². The molecule has 1 saturated heterocycles. The predicted molar refractivity (Wildman–Crippen MR) is 107 cm³/mol. The fourth-order valence-corrected chi connectivity index (χ4v) is 3.10. The maximum Gasteiger partial charge on any atom is 0.344 e. The minimum absolute atomic E-state index is 0.0793. The van der Waals surface area contributed by atoms with Crippen molar-refractivity contribution in [3.8, 4) is 5.75 Å². The molecule has 1 atom stereocenters. The lowest BCUT2D eigenvalue weighted by molar-refractivity contribution is -0.132. The van der Waals surface area contributed by atoms with Crippen molar-refractivity contribution in [2.75, 3.05) is 12.4 Å². The van der Waals surface area contributed by atoms with Gasteiger partial charge in [-0.1, -0.05) is 29.8 Å². The first kappa shape index (κ1) is 18.9. The number of ether oxygens (including phenoxy) is 1. The largest absolute Gasteiger partial charge is 0.497 e. The van der Waals surface area contributed by atoms with Crippen LogP contribution >= 0.6 is 23.8 Å². The van der Waals surface area contributed by atoms with Gasteiger partial charge in [-0.3, -0.25) is 10.2 Å². The van der Waals surface area contributed by atoms with Crippen LogP contribution in [-0.4, -0.2) is 29.2 Å². The van der Waals surface area contributed by atoms with Gasteiger partial charge >= 0.3 is 6.03 Å². The van der Waals surface area contributed by atoms with Crippen molar-refractivity contribution in [2.24, 2.45) is 0 Å². The van der Waals surface area contributed by atoms with Gasteiger partial charge in [0.2, 0.25) is 0 Å². The molecule has 1 fully saturated rings. The Morgan fingerprint density at radius 2 is 1.96 bits per heavy atom. The highest BCUT2D eigenvalue weighted by atomic mass is 35.5. The van der Waals surface area contributed by atoms with Gasteiger partial charge in [-0.2, -0.15) is 5.01 Å². The molecule has 0 saturated carbocycles. The molecule has 3 N–H and O–H groups in total. The third-order valence-corrected chi connectivity index (χ3v) is 4.56. The summed E-state index contributed by atoms with van der Waals surface area (Å²) < 4.78 is 5.19. The number of anilines is 1. The average molecular weight is 405 g/mol. The second kappa shape index (κ2) is 7.42. The second-order valence-electron chi connectivity index (χ2n) is 6.00. The molecule has 2 aromatic carbocycles. The molecule has 9 heteroatoms. The van der Waals surface area contributed by atoms with Gasteiger partial charge in [0.1, 0.15) is 11.3 Å². The zero-order valence-corrected chi connectivity index (χ0v) is 16.1. The fourth-order valence-electron chi connectivity index (χ4n) is 2.70. The van der Waals surface area contributed by atoms with Crippen LogP contribution in [0.25, 0.3) is 0 Å². The van der Waals surface area contributed by atoms with Crippen molar-refractivity contribution < 1.29 is 14.3 Å². The SMILES string of the molecule is COc1cccc(C2(C)NC(=O)N(NC(=S)Nc3cccc(Cl)c3)C2=O)c1. The molecule has 7 nitrogen and oxygen atoms in total. The fraction of sp³-hybridized carbons (Fsp3) is 0.167. The minimum atomic E-state index is -1.25. The van der Waals surface area contributed by atoms with E-state index in [2.05, 4.69) is 16.1 Å². The van der Waals surface area contributed by atoms with Crippen molar-refractivity contribution in [3.05, 3.63) is 59.1 Å². The monoisotopic (exact) mass is 404 g/mol. The molecule has 3 amide bonds. The van der Waals surface area contributed by atoms with Crippen molar-refractivity contribution in [3.63, 3.8) is 0 Å². The lowest BCUT2D eigenvalue weighted by Gasteiger charge is -2.23. The molecule has 1 unspecified atom stereocenters. The van der Waals surface area contributed by atoms with Crippen molar-refractivity contribution in [1.29, 1.82) is 0 Å². The number of imide groups is 1. The molecule has 2 aromatic rings. The minimum Gasteiger partial charge on any atom is -0.497 e. The molecule has 0 aliphatic carbocycles. The lowest BCUT2D eigenvalue weighted by atomic mass is 9.92. The van der Waals surface area contributed by atoms with Crippen molar-refractivity contribution in [1.82, 2.24) is 15.8 Å². The number of nitrogens with one attached hydrogen (secondary N) is 3. The van der Waals surface area contributed by atoms with Gasteiger partial charge in [0.15, 0.2) is 5.11 Å². The summed E-state index contributed by atoms with van der Waals surface area (Å²) in [5.41, 5.74) is 2.59. The number of hydrogen-bond donors (Lipinski definition) is 3. The first-order valence-electron chi connectivity index (χ1n) is 7.98. The highest BCUT2D eigenvalue weighted by Gasteiger charge is 2.50. The summed E-state index contributed by atoms with van der Waals surface area (Å²) in [4.78, 5) is 25.3. The summed E-state index contributed by atoms with van der Waals surface area (Å²) >= 11 is 11.1. The van der Waals surface area contributed by atoms with Gasteiger partial charge in [-0.15, -0.1) is 0 Å². The molecule has 27 heavy (non-hydrogen) atoms. The van der Waals surface area contributed by atoms with Gasteiger partial charge in [-0.25, -0.2) is 4.79 Å². The normalized spacial score (nSPS) is 18.9. The van der Waals surface area contributed by atoms with Crippen LogP contribution in [0.2, 0.25) is 5.02 Å². The van der Waals surface area contributed by atoms with Crippen molar-refractivity contribution in [2.45, 2.75) is 12.5 Å². The Labute approximate surface area is 166 Å². The Hall–Kier alpha value is -2.84. The average Bonchev–Trinajstić information content (AvgIpc) is 2.86. The van der Waals surface area contributed by atoms with E-state index in [1.54, 1.807) is 55.5 Å². The molecule has 0 aromatic heterocycles. The van der Waals surface area contributed by atoms with Crippen LogP contribution in [0.3, 0.4) is 0 Å². The number of benzene rings is 2. The van der Waals surface area contributed by atoms with Crippen LogP contribution < -0.4 is 20.8 Å². The van der Waals surface area contributed by atoms with Gasteiger partial charge < -0.3 is 15.4 Å². The number of carbonyl (C=O) groups excluding carboxylic acids is 2. The Kier molecular flexibility index (Phi) is 5.20. The molecule has 1 aliphatic rings. The van der Waals surface area contributed by atoms with Gasteiger partial charge in [-0.05, 0) is 55.0 Å². The maximum absolute atomic E-state index is 12.9. The van der Waals surface area contributed by atoms with E-state index in [1.165, 1.54) is 7.11 Å². The molecule has 0 spiro atoms. The molecule has 1 heterocycles. The molecule has 1 aliphatic heterocycles. The first-order chi connectivity index (χ1) is 12.8. The molecule has 0 radical (unpaired) electrons. The summed E-state index contributed by atoms with van der Waals surface area (Å²) in [6, 6.07) is 13.2. The summed E-state index contributed by atoms with van der Waals surface area (Å²) in [6.07, 6.45) is 0. The van der Waals surface area contributed by atoms with E-state index in [0.717, 1.165) is 5.01 Å². The zero-order valence-electron chi connectivity index (χ0n) is 14.6. The lowest BCUT2D eigenvalue weighted by Crippen LogP contribution is -2.49. The molecule has 140 valence electrons. The van der Waals surface area contributed by atoms with Gasteiger partial charge in [0.25, 0.3) is 5.91 Å². The summed E-state index contributed by atoms with van der Waals surface area (Å²) in [7, 11) is 1.53. The molecule has 3 rings (SSSR count). The van der Waals surface area contributed by atoms with E-state index in [0.29, 0.717) is 22.0 Å². The smallest absolute Gasteiger partial charge is 0.344 e. The standard InChI is InChI=1S/C18H17ClN4O3S/c1-18(11-5-3-8-14(9-11)26-2)15(24)23(17(25)21-18)22-16(27)20-13-7-4-6-12(19)10-13/h3-10H,1-2H3,(H,21,25)(H2,20,22,27). The van der Waals surface area contributed by atoms with Crippen LogP contribution in [0.1, 0.15) is 12.5 Å². The quantitative estimate of drug-likeness (QED) is 0.536. The Bertz CT molecular complexity index is 923. The van der Waals surface area contributed by atoms with Crippen LogP contribution in [-0.2, 0) is 10.3 Å². The number of amides is 3. The Morgan fingerprint density at radius 1 is 1.22 bits per heavy atom. The summed E-state index contributed by atoms with van der Waals surface area (Å²) in [5, 5.41) is 7.02. The molecule has 0 bridgehead atoms. The van der Waals surface area contributed by atoms with E-state index >= 15 is 0 Å². The Morgan fingerprint density at radius 3 is 2.67 bits per heavy atom. The number of rotatable bonds is 4. The van der Waals surface area contributed by atoms with E-state index in [1.807, 2.05) is 0 Å². The number of hydrazine groups is 1. The van der Waals surface area contributed by atoms with E-state index in [-0.39, 0.29) is 5.11 Å². The topological polar surface area (TPSA) is 82.7 Å². The van der Waals surface area contributed by atoms with Crippen LogP contribution in [0, 0.1) is 0 Å². The van der Waals surface area contributed by atoms with E-state index in [9.17, 15) is 9.59 Å². The number of thiocarbonyl (C=S) groups is 1. The number of carbonyl (C=O) groups is 2. The van der Waals surface area contributed by atoms with Crippen molar-refractivity contribution >= 4 is 46.6 Å². The molecular weight excluding hydrogens is 388 g/mol. The maximum atomic E-state index is 12.9. The number of hydrogen-bond acceptors (Lipinski definition) is 4. The summed E-state index contributed by atoms with van der Waals surface area (Å²) in [6.45, 7) is 1.62. The highest BCUT2D eigenvalue weighted by Crippen LogP contribution is 2.30. The molecular formula is C18H17ClN4O3S. The number of halogens is 1. The van der Waals surface area contributed by atoms with Crippen LogP contribution in [0.4, 0.5) is 10.5 Å². The third kappa shape index (κ3) is 3.81. The third-order valence-electron chi connectivity index (χ3n) is 4.13. The predicted octanol–water partition coefficient (Wildman–Crippen LogP) is 3.02. The number of methoxy groups -OCH3 is 1. The zero-order chi connectivity index (χ0) is 19.6. The van der Waals surface area contributed by atoms with Gasteiger partial charge in [0, 0.05) is 10.7 Å². The van der Waals surface area contributed by atoms with E-state index in [4.69, 9.17) is 28.6 Å².